The standard InChI is InChI=1S/C22H23Cl2N3O3S/c1-13(2)26(3)31(29,30)15-5-6-19(24)17(11-15)22(28)27-9-8-21-18(12-27)16-10-14(23)4-7-20(16)25-21/h4-7,10-11,13,25H,8-9,12H2,1-3H3. The van der Waals surface area contributed by atoms with E-state index in [-0.39, 0.29) is 27.4 Å². The van der Waals surface area contributed by atoms with Crippen molar-refractivity contribution >= 4 is 50.0 Å². The normalized spacial score (nSPS) is 14.5. The van der Waals surface area contributed by atoms with Crippen LogP contribution >= 0.6 is 23.2 Å². The lowest BCUT2D eigenvalue weighted by molar-refractivity contribution is 0.0735. The molecule has 0 fully saturated rings. The molecule has 1 amide bonds. The second kappa shape index (κ2) is 8.13. The van der Waals surface area contributed by atoms with E-state index in [2.05, 4.69) is 4.98 Å². The van der Waals surface area contributed by atoms with Crippen molar-refractivity contribution in [2.45, 2.75) is 37.8 Å². The van der Waals surface area contributed by atoms with Gasteiger partial charge in [0.1, 0.15) is 0 Å². The van der Waals surface area contributed by atoms with Crippen LogP contribution in [0.2, 0.25) is 10.0 Å². The van der Waals surface area contributed by atoms with Crippen LogP contribution in [0.3, 0.4) is 0 Å². The number of carbonyl (C=O) groups is 1. The van der Waals surface area contributed by atoms with Gasteiger partial charge in [-0.15, -0.1) is 0 Å². The lowest BCUT2D eigenvalue weighted by atomic mass is 10.0. The summed E-state index contributed by atoms with van der Waals surface area (Å²) in [6, 6.07) is 9.71. The molecule has 4 rings (SSSR count). The Bertz CT molecular complexity index is 1280. The van der Waals surface area contributed by atoms with Crippen molar-refractivity contribution < 1.29 is 13.2 Å². The van der Waals surface area contributed by atoms with E-state index in [4.69, 9.17) is 23.2 Å². The van der Waals surface area contributed by atoms with Crippen LogP contribution in [0, 0.1) is 0 Å². The number of halogens is 2. The number of nitrogens with zero attached hydrogens (tertiary/aromatic N) is 2. The van der Waals surface area contributed by atoms with Crippen LogP contribution in [0.15, 0.2) is 41.3 Å². The molecule has 164 valence electrons. The Labute approximate surface area is 191 Å². The zero-order chi connectivity index (χ0) is 22.5. The molecule has 0 spiro atoms. The number of rotatable bonds is 4. The first-order valence-electron chi connectivity index (χ1n) is 9.95. The van der Waals surface area contributed by atoms with Crippen LogP contribution in [0.1, 0.15) is 35.5 Å². The van der Waals surface area contributed by atoms with E-state index in [0.29, 0.717) is 24.5 Å². The van der Waals surface area contributed by atoms with Crippen molar-refractivity contribution in [1.82, 2.24) is 14.2 Å². The molecule has 1 aromatic heterocycles. The minimum atomic E-state index is -3.73. The van der Waals surface area contributed by atoms with Crippen LogP contribution in [0.5, 0.6) is 0 Å². The number of benzene rings is 2. The molecule has 0 atom stereocenters. The first-order valence-corrected chi connectivity index (χ1v) is 12.1. The van der Waals surface area contributed by atoms with Crippen molar-refractivity contribution in [3.05, 3.63) is 63.3 Å². The van der Waals surface area contributed by atoms with Crippen molar-refractivity contribution in [3.63, 3.8) is 0 Å². The topological polar surface area (TPSA) is 73.5 Å². The fourth-order valence-electron chi connectivity index (χ4n) is 3.80. The molecule has 0 saturated heterocycles. The highest BCUT2D eigenvalue weighted by Crippen LogP contribution is 2.31. The van der Waals surface area contributed by atoms with E-state index < -0.39 is 10.0 Å². The highest BCUT2D eigenvalue weighted by atomic mass is 35.5. The van der Waals surface area contributed by atoms with E-state index in [1.165, 1.54) is 29.6 Å². The maximum atomic E-state index is 13.3. The van der Waals surface area contributed by atoms with Crippen molar-refractivity contribution in [1.29, 1.82) is 0 Å². The van der Waals surface area contributed by atoms with Crippen molar-refractivity contribution in [2.75, 3.05) is 13.6 Å². The van der Waals surface area contributed by atoms with Crippen LogP contribution in [-0.4, -0.2) is 48.1 Å². The maximum Gasteiger partial charge on any atom is 0.255 e. The Balaban J connectivity index is 1.68. The van der Waals surface area contributed by atoms with Gasteiger partial charge in [0, 0.05) is 59.8 Å². The fraction of sp³-hybridized carbons (Fsp3) is 0.318. The predicted molar refractivity (Wildman–Crippen MR) is 123 cm³/mol. The largest absolute Gasteiger partial charge is 0.358 e. The van der Waals surface area contributed by atoms with Crippen molar-refractivity contribution in [3.8, 4) is 0 Å². The summed E-state index contributed by atoms with van der Waals surface area (Å²) in [6.07, 6.45) is 0.666. The highest BCUT2D eigenvalue weighted by Gasteiger charge is 2.29. The number of nitrogens with one attached hydrogen (secondary N) is 1. The highest BCUT2D eigenvalue weighted by molar-refractivity contribution is 7.89. The van der Waals surface area contributed by atoms with Gasteiger partial charge in [-0.05, 0) is 50.2 Å². The van der Waals surface area contributed by atoms with E-state index in [1.807, 2.05) is 18.2 Å². The zero-order valence-electron chi connectivity index (χ0n) is 17.4. The number of carbonyl (C=O) groups excluding carboxylic acids is 1. The molecule has 2 aromatic carbocycles. The smallest absolute Gasteiger partial charge is 0.255 e. The Morgan fingerprint density at radius 2 is 1.90 bits per heavy atom. The molecule has 2 heterocycles. The molecule has 1 aliphatic heterocycles. The van der Waals surface area contributed by atoms with Crippen LogP contribution in [0.4, 0.5) is 0 Å². The number of H-pyrrole nitrogens is 1. The first-order chi connectivity index (χ1) is 14.6. The number of aromatic nitrogens is 1. The van der Waals surface area contributed by atoms with Gasteiger partial charge in [0.25, 0.3) is 5.91 Å². The van der Waals surface area contributed by atoms with Gasteiger partial charge in [-0.25, -0.2) is 8.42 Å². The molecular weight excluding hydrogens is 457 g/mol. The average Bonchev–Trinajstić information content (AvgIpc) is 3.09. The third-order valence-corrected chi connectivity index (χ3v) is 8.39. The third kappa shape index (κ3) is 3.96. The number of aromatic amines is 1. The van der Waals surface area contributed by atoms with Gasteiger partial charge < -0.3 is 9.88 Å². The van der Waals surface area contributed by atoms with Gasteiger partial charge in [-0.1, -0.05) is 23.2 Å². The summed E-state index contributed by atoms with van der Waals surface area (Å²) in [6.45, 7) is 4.48. The van der Waals surface area contributed by atoms with Crippen molar-refractivity contribution in [2.24, 2.45) is 0 Å². The quantitative estimate of drug-likeness (QED) is 0.588. The Morgan fingerprint density at radius 1 is 1.16 bits per heavy atom. The molecule has 31 heavy (non-hydrogen) atoms. The molecule has 0 bridgehead atoms. The number of sulfonamides is 1. The summed E-state index contributed by atoms with van der Waals surface area (Å²) in [5.74, 6) is -0.295. The first kappa shape index (κ1) is 22.1. The van der Waals surface area contributed by atoms with Gasteiger partial charge in [0.2, 0.25) is 10.0 Å². The summed E-state index contributed by atoms with van der Waals surface area (Å²) in [4.78, 5) is 18.5. The third-order valence-electron chi connectivity index (χ3n) is 5.80. The summed E-state index contributed by atoms with van der Waals surface area (Å²) < 4.78 is 27.0. The molecule has 0 aliphatic carbocycles. The molecule has 0 radical (unpaired) electrons. The Hall–Kier alpha value is -2.06. The van der Waals surface area contributed by atoms with Crippen LogP contribution in [0.25, 0.3) is 10.9 Å². The monoisotopic (exact) mass is 479 g/mol. The lowest BCUT2D eigenvalue weighted by Gasteiger charge is -2.28. The fourth-order valence-corrected chi connectivity index (χ4v) is 5.57. The number of hydrogen-bond donors (Lipinski definition) is 1. The number of fused-ring (bicyclic) bond motifs is 3. The molecule has 0 unspecified atom stereocenters. The molecule has 0 saturated carbocycles. The minimum absolute atomic E-state index is 0.0491. The molecule has 9 heteroatoms. The zero-order valence-corrected chi connectivity index (χ0v) is 19.8. The maximum absolute atomic E-state index is 13.3. The van der Waals surface area contributed by atoms with Gasteiger partial charge in [-0.2, -0.15) is 4.31 Å². The van der Waals surface area contributed by atoms with Gasteiger partial charge >= 0.3 is 0 Å². The number of amides is 1. The SMILES string of the molecule is CC(C)N(C)S(=O)(=O)c1ccc(Cl)c(C(=O)N2CCc3[nH]c4ccc(Cl)cc4c3C2)c1. The van der Waals surface area contributed by atoms with Crippen LogP contribution in [-0.2, 0) is 23.0 Å². The van der Waals surface area contributed by atoms with E-state index >= 15 is 0 Å². The van der Waals surface area contributed by atoms with E-state index in [1.54, 1.807) is 18.7 Å². The second-order valence-corrected chi connectivity index (χ2v) is 10.8. The summed E-state index contributed by atoms with van der Waals surface area (Å²) in [5.41, 5.74) is 3.27. The Morgan fingerprint density at radius 3 is 2.61 bits per heavy atom. The van der Waals surface area contributed by atoms with E-state index in [9.17, 15) is 13.2 Å². The summed E-state index contributed by atoms with van der Waals surface area (Å²) in [7, 11) is -2.21. The molecule has 1 N–H and O–H groups in total. The molecule has 3 aromatic rings. The Kier molecular flexibility index (Phi) is 5.81. The van der Waals surface area contributed by atoms with Gasteiger partial charge in [0.15, 0.2) is 0 Å². The minimum Gasteiger partial charge on any atom is -0.358 e. The van der Waals surface area contributed by atoms with E-state index in [0.717, 1.165) is 22.2 Å². The second-order valence-electron chi connectivity index (χ2n) is 8.01. The summed E-state index contributed by atoms with van der Waals surface area (Å²) in [5, 5.41) is 1.85. The number of hydrogen-bond acceptors (Lipinski definition) is 3. The summed E-state index contributed by atoms with van der Waals surface area (Å²) >= 11 is 12.5. The molecule has 6 nitrogen and oxygen atoms in total. The van der Waals surface area contributed by atoms with Crippen LogP contribution < -0.4 is 0 Å². The van der Waals surface area contributed by atoms with Gasteiger partial charge in [-0.3, -0.25) is 4.79 Å². The lowest BCUT2D eigenvalue weighted by Crippen LogP contribution is -2.36. The molecule has 1 aliphatic rings. The van der Waals surface area contributed by atoms with Gasteiger partial charge in [0.05, 0.1) is 15.5 Å². The average molecular weight is 480 g/mol. The predicted octanol–water partition coefficient (Wildman–Crippen LogP) is 4.70. The molecular formula is C22H23Cl2N3O3S.